The second-order valence-corrected chi connectivity index (χ2v) is 4.71. The SMILES string of the molecule is ClC(Cl)=CC=CC(Cl)c1ccc(Cl)cc1. The predicted molar refractivity (Wildman–Crippen MR) is 69.0 cm³/mol. The van der Waals surface area contributed by atoms with E-state index in [2.05, 4.69) is 0 Å². The standard InChI is InChI=1S/C11H8Cl4/c12-9-6-4-8(5-7-9)10(13)2-1-3-11(14)15/h1-7,10H. The molecule has 1 aromatic carbocycles. The summed E-state index contributed by atoms with van der Waals surface area (Å²) >= 11 is 22.7. The van der Waals surface area contributed by atoms with Gasteiger partial charge in [-0.2, -0.15) is 0 Å². The van der Waals surface area contributed by atoms with Gasteiger partial charge in [-0.1, -0.05) is 59.1 Å². The van der Waals surface area contributed by atoms with Crippen molar-refractivity contribution in [3.05, 3.63) is 57.6 Å². The molecule has 15 heavy (non-hydrogen) atoms. The first-order chi connectivity index (χ1) is 7.09. The minimum absolute atomic E-state index is 0.200. The van der Waals surface area contributed by atoms with Gasteiger partial charge in [0, 0.05) is 5.02 Å². The zero-order valence-corrected chi connectivity index (χ0v) is 10.7. The fourth-order valence-electron chi connectivity index (χ4n) is 0.984. The number of rotatable bonds is 3. The van der Waals surface area contributed by atoms with Crippen molar-refractivity contribution in [2.45, 2.75) is 5.38 Å². The molecule has 0 radical (unpaired) electrons. The first kappa shape index (κ1) is 12.9. The summed E-state index contributed by atoms with van der Waals surface area (Å²) in [5.74, 6) is 0. The quantitative estimate of drug-likeness (QED) is 0.507. The molecule has 0 aromatic heterocycles. The number of benzene rings is 1. The van der Waals surface area contributed by atoms with Crippen LogP contribution in [0.5, 0.6) is 0 Å². The van der Waals surface area contributed by atoms with Gasteiger partial charge in [0.1, 0.15) is 4.49 Å². The molecule has 1 unspecified atom stereocenters. The average Bonchev–Trinajstić information content (AvgIpc) is 2.18. The molecule has 0 spiro atoms. The Morgan fingerprint density at radius 3 is 2.27 bits per heavy atom. The Hall–Kier alpha value is -0.140. The Morgan fingerprint density at radius 2 is 1.73 bits per heavy atom. The largest absolute Gasteiger partial charge is 0.113 e. The van der Waals surface area contributed by atoms with Gasteiger partial charge in [0.05, 0.1) is 5.38 Å². The van der Waals surface area contributed by atoms with Crippen molar-refractivity contribution in [3.63, 3.8) is 0 Å². The highest BCUT2D eigenvalue weighted by atomic mass is 35.5. The lowest BCUT2D eigenvalue weighted by Gasteiger charge is -2.03. The first-order valence-electron chi connectivity index (χ1n) is 4.18. The Labute approximate surface area is 109 Å². The number of hydrogen-bond acceptors (Lipinski definition) is 0. The third kappa shape index (κ3) is 4.94. The Balaban J connectivity index is 2.69. The van der Waals surface area contributed by atoms with Crippen LogP contribution in [0.2, 0.25) is 5.02 Å². The lowest BCUT2D eigenvalue weighted by Crippen LogP contribution is -1.84. The molecule has 1 atom stereocenters. The molecule has 0 bridgehead atoms. The third-order valence-corrected chi connectivity index (χ3v) is 2.59. The molecule has 1 aromatic rings. The molecule has 0 aliphatic heterocycles. The molecule has 0 amide bonds. The minimum Gasteiger partial charge on any atom is -0.113 e. The van der Waals surface area contributed by atoms with Crippen LogP contribution in [0.4, 0.5) is 0 Å². The summed E-state index contributed by atoms with van der Waals surface area (Å²) in [6, 6.07) is 7.33. The van der Waals surface area contributed by atoms with Gasteiger partial charge in [-0.15, -0.1) is 11.6 Å². The molecule has 0 nitrogen and oxygen atoms in total. The Bertz CT molecular complexity index is 361. The van der Waals surface area contributed by atoms with Crippen molar-refractivity contribution >= 4 is 46.4 Å². The average molecular weight is 282 g/mol. The van der Waals surface area contributed by atoms with Crippen molar-refractivity contribution < 1.29 is 0 Å². The van der Waals surface area contributed by atoms with Crippen molar-refractivity contribution in [2.24, 2.45) is 0 Å². The predicted octanol–water partition coefficient (Wildman–Crippen LogP) is 5.50. The summed E-state index contributed by atoms with van der Waals surface area (Å²) in [7, 11) is 0. The highest BCUT2D eigenvalue weighted by Gasteiger charge is 2.02. The summed E-state index contributed by atoms with van der Waals surface area (Å²) in [5, 5.41) is 0.474. The van der Waals surface area contributed by atoms with Gasteiger partial charge in [-0.05, 0) is 23.8 Å². The summed E-state index contributed by atoms with van der Waals surface area (Å²) in [4.78, 5) is 0. The monoisotopic (exact) mass is 280 g/mol. The third-order valence-electron chi connectivity index (χ3n) is 1.69. The van der Waals surface area contributed by atoms with Crippen molar-refractivity contribution in [1.29, 1.82) is 0 Å². The van der Waals surface area contributed by atoms with Gasteiger partial charge in [0.2, 0.25) is 0 Å². The summed E-state index contributed by atoms with van der Waals surface area (Å²) < 4.78 is 0.200. The topological polar surface area (TPSA) is 0 Å². The van der Waals surface area contributed by atoms with Crippen LogP contribution in [0.25, 0.3) is 0 Å². The highest BCUT2D eigenvalue weighted by molar-refractivity contribution is 6.56. The normalized spacial score (nSPS) is 12.8. The molecule has 4 heteroatoms. The van der Waals surface area contributed by atoms with E-state index in [0.29, 0.717) is 5.02 Å². The maximum absolute atomic E-state index is 6.10. The van der Waals surface area contributed by atoms with Crippen LogP contribution in [0.3, 0.4) is 0 Å². The molecule has 1 rings (SSSR count). The van der Waals surface area contributed by atoms with Gasteiger partial charge in [-0.25, -0.2) is 0 Å². The molecule has 0 fully saturated rings. The second-order valence-electron chi connectivity index (χ2n) is 2.79. The van der Waals surface area contributed by atoms with E-state index in [4.69, 9.17) is 46.4 Å². The molecule has 80 valence electrons. The van der Waals surface area contributed by atoms with E-state index < -0.39 is 0 Å². The maximum atomic E-state index is 6.10. The molecule has 0 saturated carbocycles. The number of allylic oxidation sites excluding steroid dienone is 3. The molecule has 0 aliphatic carbocycles. The van der Waals surface area contributed by atoms with Crippen LogP contribution in [0.1, 0.15) is 10.9 Å². The van der Waals surface area contributed by atoms with Gasteiger partial charge in [-0.3, -0.25) is 0 Å². The molecular weight excluding hydrogens is 274 g/mol. The van der Waals surface area contributed by atoms with Crippen molar-refractivity contribution in [2.75, 3.05) is 0 Å². The summed E-state index contributed by atoms with van der Waals surface area (Å²) in [5.41, 5.74) is 0.969. The van der Waals surface area contributed by atoms with E-state index in [9.17, 15) is 0 Å². The van der Waals surface area contributed by atoms with E-state index >= 15 is 0 Å². The maximum Gasteiger partial charge on any atom is 0.106 e. The fourth-order valence-corrected chi connectivity index (χ4v) is 1.48. The Morgan fingerprint density at radius 1 is 1.13 bits per heavy atom. The van der Waals surface area contributed by atoms with E-state index in [0.717, 1.165) is 5.56 Å². The first-order valence-corrected chi connectivity index (χ1v) is 5.75. The van der Waals surface area contributed by atoms with Gasteiger partial charge in [0.25, 0.3) is 0 Å². The van der Waals surface area contributed by atoms with E-state index in [-0.39, 0.29) is 9.87 Å². The van der Waals surface area contributed by atoms with Gasteiger partial charge >= 0.3 is 0 Å². The van der Waals surface area contributed by atoms with Gasteiger partial charge < -0.3 is 0 Å². The number of hydrogen-bond donors (Lipinski definition) is 0. The zero-order chi connectivity index (χ0) is 11.3. The lowest BCUT2D eigenvalue weighted by atomic mass is 10.1. The van der Waals surface area contributed by atoms with Gasteiger partial charge in [0.15, 0.2) is 0 Å². The van der Waals surface area contributed by atoms with Crippen LogP contribution < -0.4 is 0 Å². The van der Waals surface area contributed by atoms with E-state index in [1.54, 1.807) is 30.4 Å². The van der Waals surface area contributed by atoms with E-state index in [1.807, 2.05) is 12.1 Å². The molecule has 0 heterocycles. The van der Waals surface area contributed by atoms with Crippen LogP contribution in [-0.4, -0.2) is 0 Å². The second kappa shape index (κ2) is 6.44. The molecule has 0 saturated heterocycles. The number of halogens is 4. The number of alkyl halides is 1. The van der Waals surface area contributed by atoms with E-state index in [1.165, 1.54) is 0 Å². The fraction of sp³-hybridized carbons (Fsp3) is 0.0909. The zero-order valence-electron chi connectivity index (χ0n) is 7.63. The molecule has 0 N–H and O–H groups in total. The van der Waals surface area contributed by atoms with Crippen LogP contribution >= 0.6 is 46.4 Å². The molecular formula is C11H8Cl4. The highest BCUT2D eigenvalue weighted by Crippen LogP contribution is 2.23. The van der Waals surface area contributed by atoms with Crippen LogP contribution in [0, 0.1) is 0 Å². The van der Waals surface area contributed by atoms with Crippen molar-refractivity contribution in [1.82, 2.24) is 0 Å². The van der Waals surface area contributed by atoms with Crippen LogP contribution in [-0.2, 0) is 0 Å². The van der Waals surface area contributed by atoms with Crippen LogP contribution in [0.15, 0.2) is 47.0 Å². The Kier molecular flexibility index (Phi) is 5.55. The van der Waals surface area contributed by atoms with Crippen molar-refractivity contribution in [3.8, 4) is 0 Å². The summed E-state index contributed by atoms with van der Waals surface area (Å²) in [6.45, 7) is 0. The molecule has 0 aliphatic rings. The minimum atomic E-state index is -0.216. The lowest BCUT2D eigenvalue weighted by molar-refractivity contribution is 1.21. The summed E-state index contributed by atoms with van der Waals surface area (Å²) in [6.07, 6.45) is 5.06. The smallest absolute Gasteiger partial charge is 0.106 e.